The molecule has 2 aromatic heterocycles. The van der Waals surface area contributed by atoms with Gasteiger partial charge >= 0.3 is 0 Å². The van der Waals surface area contributed by atoms with Crippen molar-refractivity contribution < 1.29 is 8.91 Å². The van der Waals surface area contributed by atoms with Gasteiger partial charge in [-0.2, -0.15) is 4.98 Å². The van der Waals surface area contributed by atoms with E-state index in [4.69, 9.17) is 10.3 Å². The largest absolute Gasteiger partial charge is 0.332 e. The SMILES string of the molecule is NC1(c2noc(-c3ccc(F)cn3)n2)CCCCC1. The number of nitrogens with two attached hydrogens (primary N) is 1. The normalized spacial score (nSPS) is 18.4. The first-order valence-corrected chi connectivity index (χ1v) is 6.42. The number of rotatable bonds is 2. The van der Waals surface area contributed by atoms with Crippen LogP contribution in [0.5, 0.6) is 0 Å². The zero-order chi connectivity index (χ0) is 13.3. The van der Waals surface area contributed by atoms with E-state index in [1.165, 1.54) is 18.6 Å². The summed E-state index contributed by atoms with van der Waals surface area (Å²) in [5, 5.41) is 3.97. The van der Waals surface area contributed by atoms with Crippen molar-refractivity contribution >= 4 is 0 Å². The van der Waals surface area contributed by atoms with Crippen molar-refractivity contribution in [3.63, 3.8) is 0 Å². The number of hydrogen-bond acceptors (Lipinski definition) is 5. The number of nitrogens with zero attached hydrogens (tertiary/aromatic N) is 3. The molecule has 1 fully saturated rings. The Morgan fingerprint density at radius 1 is 1.21 bits per heavy atom. The summed E-state index contributed by atoms with van der Waals surface area (Å²) in [5.41, 5.74) is 6.29. The number of pyridine rings is 1. The third-order valence-corrected chi connectivity index (χ3v) is 3.56. The van der Waals surface area contributed by atoms with Gasteiger partial charge in [-0.05, 0) is 25.0 Å². The van der Waals surface area contributed by atoms with Crippen LogP contribution in [0.2, 0.25) is 0 Å². The van der Waals surface area contributed by atoms with Gasteiger partial charge in [0.15, 0.2) is 5.82 Å². The Hall–Kier alpha value is -1.82. The summed E-state index contributed by atoms with van der Waals surface area (Å²) < 4.78 is 18.0. The minimum Gasteiger partial charge on any atom is -0.332 e. The summed E-state index contributed by atoms with van der Waals surface area (Å²) in [6, 6.07) is 2.82. The van der Waals surface area contributed by atoms with E-state index < -0.39 is 11.4 Å². The van der Waals surface area contributed by atoms with Gasteiger partial charge in [-0.1, -0.05) is 24.4 Å². The molecule has 0 unspecified atom stereocenters. The van der Waals surface area contributed by atoms with Gasteiger partial charge in [0.1, 0.15) is 11.5 Å². The Kier molecular flexibility index (Phi) is 3.02. The molecule has 0 amide bonds. The molecule has 1 aliphatic rings. The molecule has 0 bridgehead atoms. The molecule has 6 heteroatoms. The first-order valence-electron chi connectivity index (χ1n) is 6.42. The summed E-state index contributed by atoms with van der Waals surface area (Å²) in [4.78, 5) is 8.24. The van der Waals surface area contributed by atoms with E-state index in [9.17, 15) is 4.39 Å². The highest BCUT2D eigenvalue weighted by atomic mass is 19.1. The second-order valence-electron chi connectivity index (χ2n) is 5.00. The Bertz CT molecular complexity index is 560. The van der Waals surface area contributed by atoms with E-state index in [1.807, 2.05) is 0 Å². The van der Waals surface area contributed by atoms with Gasteiger partial charge in [-0.3, -0.25) is 0 Å². The van der Waals surface area contributed by atoms with Crippen molar-refractivity contribution in [2.45, 2.75) is 37.6 Å². The summed E-state index contributed by atoms with van der Waals surface area (Å²) in [6.07, 6.45) is 6.21. The first-order chi connectivity index (χ1) is 9.17. The van der Waals surface area contributed by atoms with Gasteiger partial charge in [0.05, 0.1) is 11.7 Å². The molecule has 0 atom stereocenters. The minimum atomic E-state index is -0.500. The Morgan fingerprint density at radius 2 is 2.00 bits per heavy atom. The maximum atomic E-state index is 12.8. The highest BCUT2D eigenvalue weighted by molar-refractivity contribution is 5.45. The quantitative estimate of drug-likeness (QED) is 0.899. The molecule has 19 heavy (non-hydrogen) atoms. The average Bonchev–Trinajstić information content (AvgIpc) is 2.91. The van der Waals surface area contributed by atoms with Crippen LogP contribution < -0.4 is 5.73 Å². The zero-order valence-electron chi connectivity index (χ0n) is 10.5. The van der Waals surface area contributed by atoms with Crippen molar-refractivity contribution in [1.29, 1.82) is 0 Å². The third-order valence-electron chi connectivity index (χ3n) is 3.56. The molecule has 5 nitrogen and oxygen atoms in total. The molecule has 2 aromatic rings. The van der Waals surface area contributed by atoms with Crippen LogP contribution in [0.1, 0.15) is 37.9 Å². The molecule has 2 heterocycles. The Morgan fingerprint density at radius 3 is 2.68 bits per heavy atom. The van der Waals surface area contributed by atoms with Crippen molar-refractivity contribution in [3.05, 3.63) is 30.0 Å². The lowest BCUT2D eigenvalue weighted by Crippen LogP contribution is -2.39. The second kappa shape index (κ2) is 4.70. The van der Waals surface area contributed by atoms with Gasteiger partial charge in [0.2, 0.25) is 0 Å². The van der Waals surface area contributed by atoms with E-state index in [0.717, 1.165) is 31.9 Å². The molecule has 0 spiro atoms. The summed E-state index contributed by atoms with van der Waals surface area (Å²) in [6.45, 7) is 0. The first kappa shape index (κ1) is 12.2. The summed E-state index contributed by atoms with van der Waals surface area (Å²) in [5.74, 6) is 0.407. The van der Waals surface area contributed by atoms with Gasteiger partial charge in [-0.25, -0.2) is 9.37 Å². The van der Waals surface area contributed by atoms with E-state index in [-0.39, 0.29) is 5.89 Å². The summed E-state index contributed by atoms with van der Waals surface area (Å²) in [7, 11) is 0. The molecule has 1 aliphatic carbocycles. The van der Waals surface area contributed by atoms with Crippen LogP contribution >= 0.6 is 0 Å². The average molecular weight is 262 g/mol. The van der Waals surface area contributed by atoms with Crippen LogP contribution in [0.4, 0.5) is 4.39 Å². The number of hydrogen-bond donors (Lipinski definition) is 1. The monoisotopic (exact) mass is 262 g/mol. The molecule has 0 aromatic carbocycles. The van der Waals surface area contributed by atoms with Crippen molar-refractivity contribution in [2.75, 3.05) is 0 Å². The van der Waals surface area contributed by atoms with Crippen LogP contribution in [0.25, 0.3) is 11.6 Å². The van der Waals surface area contributed by atoms with Gasteiger partial charge in [0.25, 0.3) is 5.89 Å². The zero-order valence-corrected chi connectivity index (χ0v) is 10.5. The topological polar surface area (TPSA) is 77.8 Å². The minimum absolute atomic E-state index is 0.283. The lowest BCUT2D eigenvalue weighted by molar-refractivity contribution is 0.275. The van der Waals surface area contributed by atoms with E-state index in [0.29, 0.717) is 11.5 Å². The fraction of sp³-hybridized carbons (Fsp3) is 0.462. The van der Waals surface area contributed by atoms with E-state index in [2.05, 4.69) is 15.1 Å². The van der Waals surface area contributed by atoms with Gasteiger partial charge in [-0.15, -0.1) is 0 Å². The number of aromatic nitrogens is 3. The van der Waals surface area contributed by atoms with Gasteiger partial charge in [0, 0.05) is 0 Å². The van der Waals surface area contributed by atoms with Crippen molar-refractivity contribution in [3.8, 4) is 11.6 Å². The predicted molar refractivity (Wildman–Crippen MR) is 66.4 cm³/mol. The molecule has 3 rings (SSSR count). The molecule has 1 saturated carbocycles. The molecule has 100 valence electrons. The molecular weight excluding hydrogens is 247 g/mol. The Labute approximate surface area is 110 Å². The highest BCUT2D eigenvalue weighted by Gasteiger charge is 2.34. The highest BCUT2D eigenvalue weighted by Crippen LogP contribution is 2.33. The second-order valence-corrected chi connectivity index (χ2v) is 5.00. The lowest BCUT2D eigenvalue weighted by atomic mass is 9.82. The molecule has 2 N–H and O–H groups in total. The Balaban J connectivity index is 1.88. The summed E-state index contributed by atoms with van der Waals surface area (Å²) >= 11 is 0. The standard InChI is InChI=1S/C13H15FN4O/c14-9-4-5-10(16-8-9)11-17-12(18-19-11)13(15)6-2-1-3-7-13/h4-5,8H,1-3,6-7,15H2. The fourth-order valence-electron chi connectivity index (χ4n) is 2.44. The fourth-order valence-corrected chi connectivity index (χ4v) is 2.44. The maximum Gasteiger partial charge on any atom is 0.276 e. The third kappa shape index (κ3) is 2.35. The molecule has 0 aliphatic heterocycles. The molecule has 0 saturated heterocycles. The lowest BCUT2D eigenvalue weighted by Gasteiger charge is -2.29. The molecular formula is C13H15FN4O. The maximum absolute atomic E-state index is 12.8. The van der Waals surface area contributed by atoms with Crippen LogP contribution in [-0.2, 0) is 5.54 Å². The predicted octanol–water partition coefficient (Wildman–Crippen LogP) is 2.39. The van der Waals surface area contributed by atoms with Crippen LogP contribution in [0.15, 0.2) is 22.9 Å². The van der Waals surface area contributed by atoms with Crippen molar-refractivity contribution in [1.82, 2.24) is 15.1 Å². The van der Waals surface area contributed by atoms with Crippen LogP contribution in [0, 0.1) is 5.82 Å². The number of halogens is 1. The van der Waals surface area contributed by atoms with E-state index >= 15 is 0 Å². The van der Waals surface area contributed by atoms with Crippen molar-refractivity contribution in [2.24, 2.45) is 5.73 Å². The van der Waals surface area contributed by atoms with E-state index in [1.54, 1.807) is 0 Å². The smallest absolute Gasteiger partial charge is 0.276 e. The van der Waals surface area contributed by atoms with Gasteiger partial charge < -0.3 is 10.3 Å². The van der Waals surface area contributed by atoms with Crippen LogP contribution in [0.3, 0.4) is 0 Å². The molecule has 0 radical (unpaired) electrons. The van der Waals surface area contributed by atoms with Crippen LogP contribution in [-0.4, -0.2) is 15.1 Å².